The fourth-order valence-corrected chi connectivity index (χ4v) is 3.05. The average molecular weight is 316 g/mol. The first-order valence-electron chi connectivity index (χ1n) is 5.96. The topological polar surface area (TPSA) is 136 Å². The van der Waals surface area contributed by atoms with Gasteiger partial charge in [0.25, 0.3) is 0 Å². The molecule has 0 heterocycles. The van der Waals surface area contributed by atoms with Crippen molar-refractivity contribution in [3.8, 4) is 5.75 Å². The standard InChI is InChI=1S/C12H16N2O6S/c1-3-8(11(13)15)14-21(18,19)10-5-4-7(12(16)17)6-9(10)20-2/h4-6,8,14H,3H2,1-2H3,(H2,13,15)(H,16,17). The molecule has 0 saturated carbocycles. The number of carbonyl (C=O) groups is 2. The van der Waals surface area contributed by atoms with Gasteiger partial charge in [0.2, 0.25) is 15.9 Å². The largest absolute Gasteiger partial charge is 0.495 e. The minimum atomic E-state index is -4.07. The summed E-state index contributed by atoms with van der Waals surface area (Å²) in [5, 5.41) is 8.87. The first-order valence-corrected chi connectivity index (χ1v) is 7.44. The normalized spacial score (nSPS) is 12.7. The Morgan fingerprint density at radius 3 is 2.48 bits per heavy atom. The van der Waals surface area contributed by atoms with Gasteiger partial charge in [-0.3, -0.25) is 4.79 Å². The van der Waals surface area contributed by atoms with Crippen LogP contribution in [0, 0.1) is 0 Å². The number of carbonyl (C=O) groups excluding carboxylic acids is 1. The number of nitrogens with two attached hydrogens (primary N) is 1. The molecule has 0 spiro atoms. The Morgan fingerprint density at radius 1 is 1.43 bits per heavy atom. The van der Waals surface area contributed by atoms with Gasteiger partial charge in [0.1, 0.15) is 16.7 Å². The molecular formula is C12H16N2O6S. The third-order valence-electron chi connectivity index (χ3n) is 2.75. The second kappa shape index (κ2) is 6.55. The quantitative estimate of drug-likeness (QED) is 0.644. The Labute approximate surface area is 122 Å². The number of sulfonamides is 1. The Hall–Kier alpha value is -2.13. The first kappa shape index (κ1) is 16.9. The smallest absolute Gasteiger partial charge is 0.335 e. The molecule has 4 N–H and O–H groups in total. The minimum Gasteiger partial charge on any atom is -0.495 e. The van der Waals surface area contributed by atoms with Gasteiger partial charge >= 0.3 is 5.97 Å². The lowest BCUT2D eigenvalue weighted by molar-refractivity contribution is -0.119. The van der Waals surface area contributed by atoms with E-state index in [4.69, 9.17) is 15.6 Å². The van der Waals surface area contributed by atoms with Crippen LogP contribution in [-0.4, -0.2) is 38.6 Å². The number of primary amides is 1. The summed E-state index contributed by atoms with van der Waals surface area (Å²) in [5.41, 5.74) is 4.97. The Kier molecular flexibility index (Phi) is 5.28. The van der Waals surface area contributed by atoms with E-state index in [1.54, 1.807) is 6.92 Å². The fourth-order valence-electron chi connectivity index (χ4n) is 1.62. The number of amides is 1. The van der Waals surface area contributed by atoms with Gasteiger partial charge in [-0.05, 0) is 24.6 Å². The summed E-state index contributed by atoms with van der Waals surface area (Å²) in [6.07, 6.45) is 0.185. The predicted octanol–water partition coefficient (Wildman–Crippen LogP) is -0.0644. The number of nitrogens with one attached hydrogen (secondary N) is 1. The van der Waals surface area contributed by atoms with Crippen molar-refractivity contribution in [2.75, 3.05) is 7.11 Å². The molecule has 0 saturated heterocycles. The number of methoxy groups -OCH3 is 1. The number of ether oxygens (including phenoxy) is 1. The highest BCUT2D eigenvalue weighted by molar-refractivity contribution is 7.89. The van der Waals surface area contributed by atoms with Crippen molar-refractivity contribution in [2.45, 2.75) is 24.3 Å². The zero-order valence-corrected chi connectivity index (χ0v) is 12.3. The summed E-state index contributed by atoms with van der Waals surface area (Å²) in [7, 11) is -2.86. The van der Waals surface area contributed by atoms with Crippen molar-refractivity contribution in [1.29, 1.82) is 0 Å². The van der Waals surface area contributed by atoms with Crippen LogP contribution in [0.1, 0.15) is 23.7 Å². The molecule has 116 valence electrons. The molecule has 0 aromatic heterocycles. The minimum absolute atomic E-state index is 0.118. The second-order valence-corrected chi connectivity index (χ2v) is 5.84. The van der Waals surface area contributed by atoms with Crippen LogP contribution in [0.2, 0.25) is 0 Å². The maximum atomic E-state index is 12.2. The maximum absolute atomic E-state index is 12.2. The number of hydrogen-bond donors (Lipinski definition) is 3. The van der Waals surface area contributed by atoms with Crippen LogP contribution in [0.5, 0.6) is 5.75 Å². The Bertz CT molecular complexity index is 656. The highest BCUT2D eigenvalue weighted by Gasteiger charge is 2.26. The van der Waals surface area contributed by atoms with Crippen molar-refractivity contribution in [2.24, 2.45) is 5.73 Å². The van der Waals surface area contributed by atoms with Crippen LogP contribution >= 0.6 is 0 Å². The van der Waals surface area contributed by atoms with Crippen LogP contribution < -0.4 is 15.2 Å². The molecule has 9 heteroatoms. The van der Waals surface area contributed by atoms with Crippen molar-refractivity contribution in [1.82, 2.24) is 4.72 Å². The lowest BCUT2D eigenvalue weighted by atomic mass is 10.2. The van der Waals surface area contributed by atoms with Crippen LogP contribution in [-0.2, 0) is 14.8 Å². The van der Waals surface area contributed by atoms with Crippen molar-refractivity contribution in [3.63, 3.8) is 0 Å². The van der Waals surface area contributed by atoms with E-state index >= 15 is 0 Å². The molecule has 0 fully saturated rings. The van der Waals surface area contributed by atoms with E-state index in [9.17, 15) is 18.0 Å². The maximum Gasteiger partial charge on any atom is 0.335 e. The average Bonchev–Trinajstić information content (AvgIpc) is 2.43. The third-order valence-corrected chi connectivity index (χ3v) is 4.26. The van der Waals surface area contributed by atoms with Gasteiger partial charge in [-0.15, -0.1) is 0 Å². The Morgan fingerprint density at radius 2 is 2.05 bits per heavy atom. The zero-order valence-electron chi connectivity index (χ0n) is 11.5. The summed E-state index contributed by atoms with van der Waals surface area (Å²) >= 11 is 0. The van der Waals surface area contributed by atoms with E-state index in [1.165, 1.54) is 7.11 Å². The molecule has 0 aliphatic heterocycles. The number of rotatable bonds is 7. The van der Waals surface area contributed by atoms with Gasteiger partial charge in [0.05, 0.1) is 12.7 Å². The highest BCUT2D eigenvalue weighted by Crippen LogP contribution is 2.25. The zero-order chi connectivity index (χ0) is 16.2. The van der Waals surface area contributed by atoms with Crippen LogP contribution in [0.3, 0.4) is 0 Å². The third kappa shape index (κ3) is 3.92. The van der Waals surface area contributed by atoms with E-state index in [0.717, 1.165) is 18.2 Å². The number of hydrogen-bond acceptors (Lipinski definition) is 5. The summed E-state index contributed by atoms with van der Waals surface area (Å²) in [5.74, 6) is -2.15. The molecule has 0 radical (unpaired) electrons. The predicted molar refractivity (Wildman–Crippen MR) is 73.5 cm³/mol. The summed E-state index contributed by atoms with van der Waals surface area (Å²) < 4.78 is 31.5. The number of aromatic carboxylic acids is 1. The van der Waals surface area contributed by atoms with Gasteiger partial charge in [-0.1, -0.05) is 6.92 Å². The van der Waals surface area contributed by atoms with Crippen LogP contribution in [0.4, 0.5) is 0 Å². The van der Waals surface area contributed by atoms with E-state index in [0.29, 0.717) is 0 Å². The van der Waals surface area contributed by atoms with Crippen LogP contribution in [0.15, 0.2) is 23.1 Å². The summed E-state index contributed by atoms with van der Waals surface area (Å²) in [4.78, 5) is 21.7. The molecule has 1 aromatic carbocycles. The Balaban J connectivity index is 3.25. The molecule has 1 aromatic rings. The van der Waals surface area contributed by atoms with E-state index in [1.807, 2.05) is 0 Å². The van der Waals surface area contributed by atoms with Gasteiger partial charge in [0.15, 0.2) is 0 Å². The lowest BCUT2D eigenvalue weighted by Gasteiger charge is -2.15. The van der Waals surface area contributed by atoms with E-state index in [-0.39, 0.29) is 22.6 Å². The molecule has 1 amide bonds. The molecule has 1 rings (SSSR count). The van der Waals surface area contributed by atoms with Gasteiger partial charge in [-0.2, -0.15) is 4.72 Å². The molecule has 0 bridgehead atoms. The molecule has 0 aliphatic carbocycles. The number of carboxylic acid groups (broad SMARTS) is 1. The van der Waals surface area contributed by atoms with Crippen LogP contribution in [0.25, 0.3) is 0 Å². The molecule has 1 atom stereocenters. The first-order chi connectivity index (χ1) is 9.72. The van der Waals surface area contributed by atoms with Gasteiger partial charge < -0.3 is 15.6 Å². The van der Waals surface area contributed by atoms with Gasteiger partial charge in [-0.25, -0.2) is 13.2 Å². The molecular weight excluding hydrogens is 300 g/mol. The monoisotopic (exact) mass is 316 g/mol. The molecule has 8 nitrogen and oxygen atoms in total. The van der Waals surface area contributed by atoms with E-state index < -0.39 is 27.9 Å². The van der Waals surface area contributed by atoms with Gasteiger partial charge in [0, 0.05) is 0 Å². The molecule has 1 unspecified atom stereocenters. The highest BCUT2D eigenvalue weighted by atomic mass is 32.2. The molecule has 21 heavy (non-hydrogen) atoms. The van der Waals surface area contributed by atoms with Crippen molar-refractivity contribution < 1.29 is 27.9 Å². The van der Waals surface area contributed by atoms with Crippen molar-refractivity contribution in [3.05, 3.63) is 23.8 Å². The fraction of sp³-hybridized carbons (Fsp3) is 0.333. The number of benzene rings is 1. The summed E-state index contributed by atoms with van der Waals surface area (Å²) in [6, 6.07) is 2.25. The van der Waals surface area contributed by atoms with Crippen molar-refractivity contribution >= 4 is 21.9 Å². The summed E-state index contributed by atoms with van der Waals surface area (Å²) in [6.45, 7) is 1.60. The number of carboxylic acids is 1. The lowest BCUT2D eigenvalue weighted by Crippen LogP contribution is -2.43. The molecule has 0 aliphatic rings. The second-order valence-electron chi connectivity index (χ2n) is 4.16. The van der Waals surface area contributed by atoms with E-state index in [2.05, 4.69) is 4.72 Å². The SMILES string of the molecule is CCC(NS(=O)(=O)c1ccc(C(=O)O)cc1OC)C(N)=O.